The Morgan fingerprint density at radius 2 is 1.88 bits per heavy atom. The summed E-state index contributed by atoms with van der Waals surface area (Å²) in [4.78, 5) is 0.340. The van der Waals surface area contributed by atoms with Crippen LogP contribution < -0.4 is 4.72 Å². The Labute approximate surface area is 112 Å². The molecule has 5 heteroatoms. The van der Waals surface area contributed by atoms with Crippen molar-refractivity contribution in [1.82, 2.24) is 4.72 Å². The second-order valence-corrected chi connectivity index (χ2v) is 6.39. The van der Waals surface area contributed by atoms with Gasteiger partial charge in [-0.1, -0.05) is 41.4 Å². The Hall–Kier alpha value is -0.390. The number of rotatable bonds is 7. The first kappa shape index (κ1) is 14.7. The molecule has 3 nitrogen and oxygen atoms in total. The van der Waals surface area contributed by atoms with Crippen molar-refractivity contribution in [2.45, 2.75) is 31.1 Å². The zero-order chi connectivity index (χ0) is 12.7. The Morgan fingerprint density at radius 1 is 1.24 bits per heavy atom. The maximum atomic E-state index is 11.8. The van der Waals surface area contributed by atoms with Crippen LogP contribution in [0.4, 0.5) is 0 Å². The van der Waals surface area contributed by atoms with Crippen LogP contribution >= 0.6 is 15.9 Å². The number of nitrogens with one attached hydrogen (secondary N) is 1. The molecule has 1 aromatic carbocycles. The standard InChI is InChI=1S/C12H18BrNO2S/c1-2-4-11-5-7-12(8-6-11)17(15,16)14-10-3-9-13/h5-8,14H,2-4,9-10H2,1H3. The molecule has 0 amide bonds. The molecule has 0 saturated carbocycles. The van der Waals surface area contributed by atoms with E-state index in [9.17, 15) is 8.42 Å². The number of sulfonamides is 1. The predicted molar refractivity (Wildman–Crippen MR) is 74.0 cm³/mol. The molecule has 0 aliphatic heterocycles. The van der Waals surface area contributed by atoms with Crippen LogP contribution in [0.5, 0.6) is 0 Å². The lowest BCUT2D eigenvalue weighted by Gasteiger charge is -2.06. The third-order valence-corrected chi connectivity index (χ3v) is 4.41. The van der Waals surface area contributed by atoms with Gasteiger partial charge in [-0.3, -0.25) is 0 Å². The highest BCUT2D eigenvalue weighted by Gasteiger charge is 2.12. The minimum atomic E-state index is -3.34. The Kier molecular flexibility index (Phi) is 6.16. The smallest absolute Gasteiger partial charge is 0.211 e. The van der Waals surface area contributed by atoms with E-state index < -0.39 is 10.0 Å². The lowest BCUT2D eigenvalue weighted by molar-refractivity contribution is 0.581. The number of halogens is 1. The van der Waals surface area contributed by atoms with E-state index in [1.807, 2.05) is 12.1 Å². The molecule has 0 aromatic heterocycles. The molecule has 1 rings (SSSR count). The highest BCUT2D eigenvalue weighted by molar-refractivity contribution is 9.09. The van der Waals surface area contributed by atoms with Crippen LogP contribution in [-0.2, 0) is 16.4 Å². The van der Waals surface area contributed by atoms with E-state index in [0.29, 0.717) is 11.4 Å². The van der Waals surface area contributed by atoms with E-state index in [1.165, 1.54) is 5.56 Å². The second-order valence-electron chi connectivity index (χ2n) is 3.83. The van der Waals surface area contributed by atoms with Gasteiger partial charge in [-0.2, -0.15) is 0 Å². The van der Waals surface area contributed by atoms with Gasteiger partial charge < -0.3 is 0 Å². The maximum absolute atomic E-state index is 11.8. The number of aryl methyl sites for hydroxylation is 1. The van der Waals surface area contributed by atoms with E-state index in [0.717, 1.165) is 24.6 Å². The van der Waals surface area contributed by atoms with Crippen LogP contribution in [0.3, 0.4) is 0 Å². The van der Waals surface area contributed by atoms with E-state index in [2.05, 4.69) is 27.6 Å². The molecule has 0 unspecified atom stereocenters. The largest absolute Gasteiger partial charge is 0.240 e. The van der Waals surface area contributed by atoms with E-state index in [1.54, 1.807) is 12.1 Å². The first-order valence-electron chi connectivity index (χ1n) is 5.74. The summed E-state index contributed by atoms with van der Waals surface area (Å²) in [5, 5.41) is 0.797. The normalized spacial score (nSPS) is 11.6. The molecule has 0 heterocycles. The van der Waals surface area contributed by atoms with Gasteiger partial charge in [0, 0.05) is 11.9 Å². The van der Waals surface area contributed by atoms with Gasteiger partial charge in [0.05, 0.1) is 4.90 Å². The van der Waals surface area contributed by atoms with Crippen molar-refractivity contribution in [1.29, 1.82) is 0 Å². The summed E-state index contributed by atoms with van der Waals surface area (Å²) < 4.78 is 26.3. The predicted octanol–water partition coefficient (Wildman–Crippen LogP) is 2.70. The average Bonchev–Trinajstić information content (AvgIpc) is 2.30. The summed E-state index contributed by atoms with van der Waals surface area (Å²) >= 11 is 3.27. The van der Waals surface area contributed by atoms with Crippen LogP contribution in [0.1, 0.15) is 25.3 Å². The van der Waals surface area contributed by atoms with Gasteiger partial charge in [0.15, 0.2) is 0 Å². The molecular formula is C12H18BrNO2S. The third kappa shape index (κ3) is 4.77. The highest BCUT2D eigenvalue weighted by Crippen LogP contribution is 2.11. The molecule has 0 aliphatic carbocycles. The summed E-state index contributed by atoms with van der Waals surface area (Å²) in [6.07, 6.45) is 2.83. The number of hydrogen-bond donors (Lipinski definition) is 1. The van der Waals surface area contributed by atoms with Gasteiger partial charge in [-0.15, -0.1) is 0 Å². The van der Waals surface area contributed by atoms with Crippen molar-refractivity contribution in [2.75, 3.05) is 11.9 Å². The minimum Gasteiger partial charge on any atom is -0.211 e. The fourth-order valence-electron chi connectivity index (χ4n) is 1.48. The van der Waals surface area contributed by atoms with Gasteiger partial charge >= 0.3 is 0 Å². The summed E-state index contributed by atoms with van der Waals surface area (Å²) in [7, 11) is -3.34. The molecule has 0 spiro atoms. The molecule has 0 radical (unpaired) electrons. The summed E-state index contributed by atoms with van der Waals surface area (Å²) in [6, 6.07) is 7.09. The quantitative estimate of drug-likeness (QED) is 0.620. The van der Waals surface area contributed by atoms with Gasteiger partial charge in [0.1, 0.15) is 0 Å². The Morgan fingerprint density at radius 3 is 2.41 bits per heavy atom. The molecule has 0 aliphatic rings. The second kappa shape index (κ2) is 7.13. The molecule has 1 N–H and O–H groups in total. The molecule has 17 heavy (non-hydrogen) atoms. The van der Waals surface area contributed by atoms with Crippen LogP contribution in [0.25, 0.3) is 0 Å². The van der Waals surface area contributed by atoms with Crippen molar-refractivity contribution in [3.05, 3.63) is 29.8 Å². The van der Waals surface area contributed by atoms with E-state index >= 15 is 0 Å². The Bertz CT molecular complexity index is 428. The van der Waals surface area contributed by atoms with Gasteiger partial charge in [0.2, 0.25) is 10.0 Å². The lowest BCUT2D eigenvalue weighted by atomic mass is 10.1. The SMILES string of the molecule is CCCc1ccc(S(=O)(=O)NCCCBr)cc1. The summed E-state index contributed by atoms with van der Waals surface area (Å²) in [6.45, 7) is 2.57. The van der Waals surface area contributed by atoms with E-state index in [-0.39, 0.29) is 0 Å². The van der Waals surface area contributed by atoms with Crippen molar-refractivity contribution in [3.8, 4) is 0 Å². The van der Waals surface area contributed by atoms with Crippen molar-refractivity contribution < 1.29 is 8.42 Å². The van der Waals surface area contributed by atoms with Gasteiger partial charge in [-0.25, -0.2) is 13.1 Å². The molecule has 0 atom stereocenters. The number of hydrogen-bond acceptors (Lipinski definition) is 2. The minimum absolute atomic E-state index is 0.340. The molecule has 0 saturated heterocycles. The molecule has 0 fully saturated rings. The summed E-state index contributed by atoms with van der Waals surface area (Å²) in [5.74, 6) is 0. The van der Waals surface area contributed by atoms with Gasteiger partial charge in [0.25, 0.3) is 0 Å². The topological polar surface area (TPSA) is 46.2 Å². The lowest BCUT2D eigenvalue weighted by Crippen LogP contribution is -2.24. The van der Waals surface area contributed by atoms with Crippen LogP contribution in [-0.4, -0.2) is 20.3 Å². The fourth-order valence-corrected chi connectivity index (χ4v) is 2.84. The fraction of sp³-hybridized carbons (Fsp3) is 0.500. The number of alkyl halides is 1. The first-order valence-corrected chi connectivity index (χ1v) is 8.35. The molecule has 96 valence electrons. The average molecular weight is 320 g/mol. The van der Waals surface area contributed by atoms with Crippen LogP contribution in [0.15, 0.2) is 29.2 Å². The van der Waals surface area contributed by atoms with Crippen LogP contribution in [0, 0.1) is 0 Å². The monoisotopic (exact) mass is 319 g/mol. The van der Waals surface area contributed by atoms with Gasteiger partial charge in [-0.05, 0) is 30.5 Å². The number of benzene rings is 1. The zero-order valence-corrected chi connectivity index (χ0v) is 12.4. The highest BCUT2D eigenvalue weighted by atomic mass is 79.9. The first-order chi connectivity index (χ1) is 8.10. The van der Waals surface area contributed by atoms with Crippen molar-refractivity contribution >= 4 is 26.0 Å². The van der Waals surface area contributed by atoms with E-state index in [4.69, 9.17) is 0 Å². The molecule has 1 aromatic rings. The molecule has 0 bridgehead atoms. The van der Waals surface area contributed by atoms with Crippen molar-refractivity contribution in [2.24, 2.45) is 0 Å². The zero-order valence-electron chi connectivity index (χ0n) is 9.95. The molecular weight excluding hydrogens is 302 g/mol. The third-order valence-electron chi connectivity index (χ3n) is 2.37. The van der Waals surface area contributed by atoms with Crippen LogP contribution in [0.2, 0.25) is 0 Å². The van der Waals surface area contributed by atoms with Crippen molar-refractivity contribution in [3.63, 3.8) is 0 Å². The maximum Gasteiger partial charge on any atom is 0.240 e. The summed E-state index contributed by atoms with van der Waals surface area (Å²) in [5.41, 5.74) is 1.17. The Balaban J connectivity index is 2.71.